The molecular weight excluding hydrogens is 324 g/mol. The summed E-state index contributed by atoms with van der Waals surface area (Å²) in [6, 6.07) is 3.26. The third-order valence-corrected chi connectivity index (χ3v) is 4.27. The fourth-order valence-corrected chi connectivity index (χ4v) is 3.02. The van der Waals surface area contributed by atoms with E-state index < -0.39 is 5.54 Å². The molecule has 0 radical (unpaired) electrons. The van der Waals surface area contributed by atoms with Gasteiger partial charge in [0.2, 0.25) is 5.78 Å². The summed E-state index contributed by atoms with van der Waals surface area (Å²) < 4.78 is 10.4. The Labute approximate surface area is 142 Å². The van der Waals surface area contributed by atoms with Gasteiger partial charge in [-0.2, -0.15) is 0 Å². The summed E-state index contributed by atoms with van der Waals surface area (Å²) in [6.45, 7) is 1.91. The molecule has 4 rings (SSSR count). The number of carbonyl (C=O) groups is 2. The van der Waals surface area contributed by atoms with Crippen LogP contribution in [0, 0.1) is 0 Å². The molecule has 4 heterocycles. The minimum Gasteiger partial charge on any atom is -0.461 e. The number of hydrogen-bond acceptors (Lipinski definition) is 6. The maximum Gasteiger partial charge on any atom is 0.252 e. The van der Waals surface area contributed by atoms with E-state index >= 15 is 0 Å². The number of pyridine rings is 1. The van der Waals surface area contributed by atoms with Gasteiger partial charge in [-0.05, 0) is 19.1 Å². The van der Waals surface area contributed by atoms with E-state index in [-0.39, 0.29) is 24.1 Å². The van der Waals surface area contributed by atoms with E-state index in [0.717, 1.165) is 0 Å². The SMILES string of the molecule is COC[C@]1(C)Nc2c(cnc3[nH]cc(C(=O)c4ccco4)c23)NC1=O. The third-order valence-electron chi connectivity index (χ3n) is 4.27. The zero-order valence-electron chi connectivity index (χ0n) is 13.7. The Balaban J connectivity index is 1.89. The van der Waals surface area contributed by atoms with Crippen molar-refractivity contribution in [3.05, 3.63) is 42.1 Å². The van der Waals surface area contributed by atoms with Gasteiger partial charge in [0.15, 0.2) is 5.76 Å². The molecule has 3 aromatic rings. The van der Waals surface area contributed by atoms with E-state index in [9.17, 15) is 9.59 Å². The highest BCUT2D eigenvalue weighted by atomic mass is 16.5. The summed E-state index contributed by atoms with van der Waals surface area (Å²) in [6.07, 6.45) is 4.59. The Kier molecular flexibility index (Phi) is 3.36. The van der Waals surface area contributed by atoms with Gasteiger partial charge in [-0.1, -0.05) is 0 Å². The maximum absolute atomic E-state index is 12.7. The Bertz CT molecular complexity index is 976. The van der Waals surface area contributed by atoms with E-state index in [2.05, 4.69) is 20.6 Å². The highest BCUT2D eigenvalue weighted by molar-refractivity contribution is 6.20. The van der Waals surface area contributed by atoms with Crippen LogP contribution >= 0.6 is 0 Å². The molecule has 0 spiro atoms. The number of ketones is 1. The van der Waals surface area contributed by atoms with Crippen LogP contribution in [0.25, 0.3) is 11.0 Å². The van der Waals surface area contributed by atoms with Crippen molar-refractivity contribution in [2.24, 2.45) is 0 Å². The van der Waals surface area contributed by atoms with E-state index in [0.29, 0.717) is 28.0 Å². The van der Waals surface area contributed by atoms with Gasteiger partial charge in [0.05, 0.1) is 41.4 Å². The lowest BCUT2D eigenvalue weighted by atomic mass is 9.97. The molecule has 1 atom stereocenters. The number of furan rings is 1. The number of rotatable bonds is 4. The molecule has 1 aliphatic rings. The fraction of sp³-hybridized carbons (Fsp3) is 0.235. The fourth-order valence-electron chi connectivity index (χ4n) is 3.02. The van der Waals surface area contributed by atoms with Crippen molar-refractivity contribution in [3.8, 4) is 0 Å². The lowest BCUT2D eigenvalue weighted by Gasteiger charge is -2.35. The monoisotopic (exact) mass is 340 g/mol. The zero-order chi connectivity index (χ0) is 17.6. The van der Waals surface area contributed by atoms with E-state index in [1.807, 2.05) is 0 Å². The average Bonchev–Trinajstić information content (AvgIpc) is 3.25. The minimum absolute atomic E-state index is 0.175. The van der Waals surface area contributed by atoms with E-state index in [1.165, 1.54) is 13.4 Å². The number of H-pyrrole nitrogens is 1. The largest absolute Gasteiger partial charge is 0.461 e. The molecule has 3 N–H and O–H groups in total. The van der Waals surface area contributed by atoms with Gasteiger partial charge in [0.25, 0.3) is 5.91 Å². The average molecular weight is 340 g/mol. The van der Waals surface area contributed by atoms with Crippen molar-refractivity contribution in [2.75, 3.05) is 24.4 Å². The van der Waals surface area contributed by atoms with E-state index in [4.69, 9.17) is 9.15 Å². The lowest BCUT2D eigenvalue weighted by molar-refractivity contribution is -0.121. The van der Waals surface area contributed by atoms with Crippen LogP contribution in [0.15, 0.2) is 35.2 Å². The first-order valence-electron chi connectivity index (χ1n) is 7.70. The van der Waals surface area contributed by atoms with E-state index in [1.54, 1.807) is 31.5 Å². The summed E-state index contributed by atoms with van der Waals surface area (Å²) in [5.74, 6) is -0.256. The zero-order valence-corrected chi connectivity index (χ0v) is 13.7. The number of anilines is 2. The van der Waals surface area contributed by atoms with Crippen molar-refractivity contribution in [2.45, 2.75) is 12.5 Å². The van der Waals surface area contributed by atoms with Gasteiger partial charge < -0.3 is 24.8 Å². The standard InChI is InChI=1S/C17H16N4O4/c1-17(8-24-2)16(23)20-10-7-19-15-12(13(10)21-17)9(6-18-15)14(22)11-4-3-5-25-11/h3-7,21H,8H2,1-2H3,(H,18,19)(H,20,23)/t17-/m0/s1. The van der Waals surface area contributed by atoms with Crippen LogP contribution in [-0.2, 0) is 9.53 Å². The first-order valence-corrected chi connectivity index (χ1v) is 7.70. The van der Waals surface area contributed by atoms with Crippen molar-refractivity contribution in [3.63, 3.8) is 0 Å². The molecule has 0 fully saturated rings. The molecule has 0 aromatic carbocycles. The molecule has 128 valence electrons. The smallest absolute Gasteiger partial charge is 0.252 e. The van der Waals surface area contributed by atoms with Crippen molar-refractivity contribution in [1.29, 1.82) is 0 Å². The van der Waals surface area contributed by atoms with Crippen LogP contribution in [0.4, 0.5) is 11.4 Å². The second kappa shape index (κ2) is 5.45. The molecule has 0 bridgehead atoms. The number of aromatic nitrogens is 2. The Morgan fingerprint density at radius 1 is 1.44 bits per heavy atom. The molecule has 25 heavy (non-hydrogen) atoms. The molecule has 0 unspecified atom stereocenters. The Morgan fingerprint density at radius 3 is 3.00 bits per heavy atom. The van der Waals surface area contributed by atoms with Crippen LogP contribution in [0.3, 0.4) is 0 Å². The second-order valence-corrected chi connectivity index (χ2v) is 6.12. The highest BCUT2D eigenvalue weighted by Crippen LogP contribution is 2.38. The number of carbonyl (C=O) groups excluding carboxylic acids is 2. The third kappa shape index (κ3) is 2.30. The van der Waals surface area contributed by atoms with Crippen molar-refractivity contribution < 1.29 is 18.7 Å². The molecule has 8 heteroatoms. The molecule has 0 saturated carbocycles. The number of ether oxygens (including phenoxy) is 1. The summed E-state index contributed by atoms with van der Waals surface area (Å²) in [4.78, 5) is 32.4. The predicted octanol–water partition coefficient (Wildman–Crippen LogP) is 2.16. The van der Waals surface area contributed by atoms with Gasteiger partial charge >= 0.3 is 0 Å². The lowest BCUT2D eigenvalue weighted by Crippen LogP contribution is -2.53. The predicted molar refractivity (Wildman–Crippen MR) is 90.8 cm³/mol. The number of nitrogens with zero attached hydrogens (tertiary/aromatic N) is 1. The number of aromatic amines is 1. The Hall–Kier alpha value is -3.13. The van der Waals surface area contributed by atoms with Crippen LogP contribution in [0.1, 0.15) is 23.0 Å². The number of fused-ring (bicyclic) bond motifs is 3. The highest BCUT2D eigenvalue weighted by Gasteiger charge is 2.39. The number of hydrogen-bond donors (Lipinski definition) is 3. The summed E-state index contributed by atoms with van der Waals surface area (Å²) in [5, 5.41) is 6.64. The van der Waals surface area contributed by atoms with Gasteiger partial charge in [-0.3, -0.25) is 9.59 Å². The van der Waals surface area contributed by atoms with Crippen LogP contribution in [-0.4, -0.2) is 40.9 Å². The molecule has 3 aromatic heterocycles. The molecule has 1 aliphatic heterocycles. The summed E-state index contributed by atoms with van der Waals surface area (Å²) in [7, 11) is 1.53. The topological polar surface area (TPSA) is 109 Å². The summed E-state index contributed by atoms with van der Waals surface area (Å²) in [5.41, 5.74) is 1.13. The Morgan fingerprint density at radius 2 is 2.28 bits per heavy atom. The van der Waals surface area contributed by atoms with Gasteiger partial charge in [-0.25, -0.2) is 4.98 Å². The number of nitrogens with one attached hydrogen (secondary N) is 3. The van der Waals surface area contributed by atoms with Gasteiger partial charge in [0, 0.05) is 13.3 Å². The molecular formula is C17H16N4O4. The molecule has 0 saturated heterocycles. The second-order valence-electron chi connectivity index (χ2n) is 6.12. The van der Waals surface area contributed by atoms with Crippen molar-refractivity contribution in [1.82, 2.24) is 9.97 Å². The number of amides is 1. The number of methoxy groups -OCH3 is 1. The first kappa shape index (κ1) is 15.4. The van der Waals surface area contributed by atoms with Gasteiger partial charge in [0.1, 0.15) is 11.2 Å². The quantitative estimate of drug-likeness (QED) is 0.628. The minimum atomic E-state index is -0.960. The van der Waals surface area contributed by atoms with Crippen LogP contribution in [0.2, 0.25) is 0 Å². The van der Waals surface area contributed by atoms with Crippen molar-refractivity contribution >= 4 is 34.1 Å². The van der Waals surface area contributed by atoms with Crippen LogP contribution < -0.4 is 10.6 Å². The maximum atomic E-state index is 12.7. The molecule has 1 amide bonds. The van der Waals surface area contributed by atoms with Gasteiger partial charge in [-0.15, -0.1) is 0 Å². The molecule has 0 aliphatic carbocycles. The van der Waals surface area contributed by atoms with Crippen LogP contribution in [0.5, 0.6) is 0 Å². The summed E-state index contributed by atoms with van der Waals surface area (Å²) >= 11 is 0. The first-order chi connectivity index (χ1) is 12.0. The molecule has 8 nitrogen and oxygen atoms in total. The normalized spacial score (nSPS) is 19.4.